The lowest BCUT2D eigenvalue weighted by Crippen LogP contribution is -2.42. The van der Waals surface area contributed by atoms with Crippen LogP contribution < -0.4 is 10.6 Å². The fourth-order valence-corrected chi connectivity index (χ4v) is 3.90. The minimum absolute atomic E-state index is 0.128. The van der Waals surface area contributed by atoms with Gasteiger partial charge in [0.2, 0.25) is 0 Å². The Hall–Kier alpha value is -0.930. The third-order valence-corrected chi connectivity index (χ3v) is 4.89. The van der Waals surface area contributed by atoms with Gasteiger partial charge in [-0.1, -0.05) is 18.6 Å². The van der Waals surface area contributed by atoms with E-state index in [1.165, 1.54) is 44.7 Å². The zero-order valence-electron chi connectivity index (χ0n) is 12.1. The van der Waals surface area contributed by atoms with Crippen LogP contribution in [0.3, 0.4) is 0 Å². The van der Waals surface area contributed by atoms with E-state index in [1.54, 1.807) is 12.1 Å². The second-order valence-electron chi connectivity index (χ2n) is 6.24. The van der Waals surface area contributed by atoms with E-state index in [0.717, 1.165) is 30.5 Å². The van der Waals surface area contributed by atoms with Gasteiger partial charge in [-0.15, -0.1) is 0 Å². The van der Waals surface area contributed by atoms with Crippen molar-refractivity contribution in [3.8, 4) is 0 Å². The van der Waals surface area contributed by atoms with Gasteiger partial charge in [0.15, 0.2) is 0 Å². The van der Waals surface area contributed by atoms with Crippen LogP contribution in [0, 0.1) is 11.7 Å². The molecular weight excluding hydrogens is 251 g/mol. The lowest BCUT2D eigenvalue weighted by molar-refractivity contribution is 0.322. The predicted molar refractivity (Wildman–Crippen MR) is 80.3 cm³/mol. The standard InChI is InChI=1S/C17H25FN2/c18-14-5-1-4-13(12-14)9-11-20-16-7-2-6-15(16)17-8-3-10-19-17/h1,4-5,12,15-17,19-20H,2-3,6-11H2. The van der Waals surface area contributed by atoms with Gasteiger partial charge in [0.25, 0.3) is 0 Å². The van der Waals surface area contributed by atoms with Crippen molar-refractivity contribution in [2.45, 2.75) is 50.6 Å². The molecule has 1 aromatic rings. The summed E-state index contributed by atoms with van der Waals surface area (Å²) in [7, 11) is 0. The molecule has 2 nitrogen and oxygen atoms in total. The van der Waals surface area contributed by atoms with E-state index in [0.29, 0.717) is 6.04 Å². The first-order valence-corrected chi connectivity index (χ1v) is 8.04. The summed E-state index contributed by atoms with van der Waals surface area (Å²) in [6, 6.07) is 8.34. The van der Waals surface area contributed by atoms with Gasteiger partial charge in [-0.2, -0.15) is 0 Å². The molecule has 1 heterocycles. The van der Waals surface area contributed by atoms with Crippen molar-refractivity contribution in [2.75, 3.05) is 13.1 Å². The summed E-state index contributed by atoms with van der Waals surface area (Å²) < 4.78 is 13.1. The average Bonchev–Trinajstić information content (AvgIpc) is 3.09. The highest BCUT2D eigenvalue weighted by molar-refractivity contribution is 5.16. The maximum atomic E-state index is 13.1. The smallest absolute Gasteiger partial charge is 0.123 e. The van der Waals surface area contributed by atoms with Crippen molar-refractivity contribution >= 4 is 0 Å². The molecule has 0 radical (unpaired) electrons. The molecule has 1 aliphatic carbocycles. The summed E-state index contributed by atoms with van der Waals surface area (Å²) in [5, 5.41) is 7.37. The third kappa shape index (κ3) is 3.39. The lowest BCUT2D eigenvalue weighted by Gasteiger charge is -2.26. The Bertz CT molecular complexity index is 429. The minimum Gasteiger partial charge on any atom is -0.314 e. The molecule has 2 N–H and O–H groups in total. The first-order chi connectivity index (χ1) is 9.83. The molecule has 3 atom stereocenters. The monoisotopic (exact) mass is 276 g/mol. The van der Waals surface area contributed by atoms with Gasteiger partial charge in [-0.3, -0.25) is 0 Å². The molecule has 1 aromatic carbocycles. The number of halogens is 1. The van der Waals surface area contributed by atoms with Crippen LogP contribution in [0.1, 0.15) is 37.7 Å². The Balaban J connectivity index is 1.47. The first kappa shape index (κ1) is 14.0. The quantitative estimate of drug-likeness (QED) is 0.864. The molecule has 0 spiro atoms. The van der Waals surface area contributed by atoms with E-state index >= 15 is 0 Å². The maximum absolute atomic E-state index is 13.1. The number of hydrogen-bond acceptors (Lipinski definition) is 2. The highest BCUT2D eigenvalue weighted by atomic mass is 19.1. The summed E-state index contributed by atoms with van der Waals surface area (Å²) in [4.78, 5) is 0. The average molecular weight is 276 g/mol. The molecule has 0 amide bonds. The normalized spacial score (nSPS) is 29.9. The van der Waals surface area contributed by atoms with Gasteiger partial charge in [0.1, 0.15) is 5.82 Å². The van der Waals surface area contributed by atoms with E-state index in [9.17, 15) is 4.39 Å². The molecule has 110 valence electrons. The molecule has 3 unspecified atom stereocenters. The molecule has 20 heavy (non-hydrogen) atoms. The van der Waals surface area contributed by atoms with E-state index in [1.807, 2.05) is 6.07 Å². The van der Waals surface area contributed by atoms with Gasteiger partial charge >= 0.3 is 0 Å². The fourth-order valence-electron chi connectivity index (χ4n) is 3.90. The molecule has 1 saturated heterocycles. The van der Waals surface area contributed by atoms with Crippen LogP contribution in [0.15, 0.2) is 24.3 Å². The van der Waals surface area contributed by atoms with Crippen molar-refractivity contribution in [3.63, 3.8) is 0 Å². The first-order valence-electron chi connectivity index (χ1n) is 8.04. The molecule has 3 heteroatoms. The maximum Gasteiger partial charge on any atom is 0.123 e. The Morgan fingerprint density at radius 2 is 2.15 bits per heavy atom. The van der Waals surface area contributed by atoms with Gasteiger partial charge in [-0.25, -0.2) is 4.39 Å². The molecule has 1 aliphatic heterocycles. The van der Waals surface area contributed by atoms with Gasteiger partial charge in [0, 0.05) is 12.1 Å². The molecule has 1 saturated carbocycles. The molecule has 2 aliphatic rings. The van der Waals surface area contributed by atoms with Gasteiger partial charge in [-0.05, 0) is 68.8 Å². The largest absolute Gasteiger partial charge is 0.314 e. The third-order valence-electron chi connectivity index (χ3n) is 4.89. The summed E-state index contributed by atoms with van der Waals surface area (Å²) in [6.07, 6.45) is 7.59. The summed E-state index contributed by atoms with van der Waals surface area (Å²) in [5.74, 6) is 0.668. The van der Waals surface area contributed by atoms with Crippen LogP contribution in [-0.4, -0.2) is 25.2 Å². The van der Waals surface area contributed by atoms with Crippen molar-refractivity contribution in [2.24, 2.45) is 5.92 Å². The van der Waals surface area contributed by atoms with Crippen LogP contribution in [0.4, 0.5) is 4.39 Å². The molecular formula is C17H25FN2. The summed E-state index contributed by atoms with van der Waals surface area (Å²) in [5.41, 5.74) is 1.09. The van der Waals surface area contributed by atoms with Crippen LogP contribution in [0.2, 0.25) is 0 Å². The minimum atomic E-state index is -0.128. The number of nitrogens with one attached hydrogen (secondary N) is 2. The highest BCUT2D eigenvalue weighted by Crippen LogP contribution is 2.31. The number of benzene rings is 1. The van der Waals surface area contributed by atoms with E-state index < -0.39 is 0 Å². The Morgan fingerprint density at radius 3 is 2.95 bits per heavy atom. The summed E-state index contributed by atoms with van der Waals surface area (Å²) >= 11 is 0. The predicted octanol–water partition coefficient (Wildman–Crippen LogP) is 2.88. The van der Waals surface area contributed by atoms with E-state index in [-0.39, 0.29) is 5.82 Å². The van der Waals surface area contributed by atoms with Crippen molar-refractivity contribution in [1.82, 2.24) is 10.6 Å². The van der Waals surface area contributed by atoms with Crippen LogP contribution >= 0.6 is 0 Å². The Morgan fingerprint density at radius 1 is 1.20 bits per heavy atom. The molecule has 0 bridgehead atoms. The van der Waals surface area contributed by atoms with Crippen LogP contribution in [-0.2, 0) is 6.42 Å². The second kappa shape index (κ2) is 6.68. The highest BCUT2D eigenvalue weighted by Gasteiger charge is 2.34. The number of hydrogen-bond donors (Lipinski definition) is 2. The van der Waals surface area contributed by atoms with Gasteiger partial charge < -0.3 is 10.6 Å². The topological polar surface area (TPSA) is 24.1 Å². The van der Waals surface area contributed by atoms with Crippen LogP contribution in [0.5, 0.6) is 0 Å². The zero-order valence-corrected chi connectivity index (χ0v) is 12.1. The van der Waals surface area contributed by atoms with E-state index in [4.69, 9.17) is 0 Å². The van der Waals surface area contributed by atoms with Crippen molar-refractivity contribution in [3.05, 3.63) is 35.6 Å². The number of rotatable bonds is 5. The van der Waals surface area contributed by atoms with Gasteiger partial charge in [0.05, 0.1) is 0 Å². The van der Waals surface area contributed by atoms with E-state index in [2.05, 4.69) is 10.6 Å². The van der Waals surface area contributed by atoms with Crippen LogP contribution in [0.25, 0.3) is 0 Å². The molecule has 2 fully saturated rings. The SMILES string of the molecule is Fc1cccc(CCNC2CCCC2C2CCCN2)c1. The Labute approximate surface area is 121 Å². The molecule has 3 rings (SSSR count). The van der Waals surface area contributed by atoms with Crippen molar-refractivity contribution in [1.29, 1.82) is 0 Å². The Kier molecular flexibility index (Phi) is 4.69. The molecule has 0 aromatic heterocycles. The zero-order chi connectivity index (χ0) is 13.8. The second-order valence-corrected chi connectivity index (χ2v) is 6.24. The summed E-state index contributed by atoms with van der Waals surface area (Å²) in [6.45, 7) is 2.15. The fraction of sp³-hybridized carbons (Fsp3) is 0.647. The van der Waals surface area contributed by atoms with Crippen molar-refractivity contribution < 1.29 is 4.39 Å². The lowest BCUT2D eigenvalue weighted by atomic mass is 9.93.